The van der Waals surface area contributed by atoms with Gasteiger partial charge in [-0.3, -0.25) is 0 Å². The zero-order valence-corrected chi connectivity index (χ0v) is 10.7. The summed E-state index contributed by atoms with van der Waals surface area (Å²) in [7, 11) is 0. The fourth-order valence-electron chi connectivity index (χ4n) is 2.76. The van der Waals surface area contributed by atoms with Gasteiger partial charge in [0.25, 0.3) is 0 Å². The van der Waals surface area contributed by atoms with E-state index in [9.17, 15) is 0 Å². The Labute approximate surface area is 104 Å². The third-order valence-electron chi connectivity index (χ3n) is 3.91. The zero-order valence-electron chi connectivity index (χ0n) is 10.7. The van der Waals surface area contributed by atoms with Crippen LogP contribution in [0.1, 0.15) is 31.2 Å². The maximum Gasteiger partial charge on any atom is 0.128 e. The number of hydrogen-bond donors (Lipinski definition) is 2. The molecular formula is C14H23N3. The van der Waals surface area contributed by atoms with Crippen LogP contribution in [0, 0.1) is 18.8 Å². The van der Waals surface area contributed by atoms with Crippen molar-refractivity contribution in [3.63, 3.8) is 0 Å². The highest BCUT2D eigenvalue weighted by Crippen LogP contribution is 2.29. The standard InChI is InChI=1S/C14H23N3/c1-11-5-4-8-16-14(11)17-10-13-7-3-2-6-12(13)9-15/h4-5,8,12-13H,2-3,6-7,9-10,15H2,1H3,(H,16,17). The fourth-order valence-corrected chi connectivity index (χ4v) is 2.76. The first kappa shape index (κ1) is 12.4. The molecule has 2 atom stereocenters. The van der Waals surface area contributed by atoms with Crippen molar-refractivity contribution in [1.29, 1.82) is 0 Å². The van der Waals surface area contributed by atoms with E-state index in [1.54, 1.807) is 0 Å². The van der Waals surface area contributed by atoms with Gasteiger partial charge in [0.2, 0.25) is 0 Å². The summed E-state index contributed by atoms with van der Waals surface area (Å²) in [5, 5.41) is 3.48. The summed E-state index contributed by atoms with van der Waals surface area (Å²) < 4.78 is 0. The summed E-state index contributed by atoms with van der Waals surface area (Å²) in [4.78, 5) is 4.37. The first-order valence-corrected chi connectivity index (χ1v) is 6.67. The Morgan fingerprint density at radius 3 is 2.82 bits per heavy atom. The number of nitrogens with one attached hydrogen (secondary N) is 1. The quantitative estimate of drug-likeness (QED) is 0.840. The minimum absolute atomic E-state index is 0.695. The molecule has 0 aliphatic heterocycles. The smallest absolute Gasteiger partial charge is 0.128 e. The van der Waals surface area contributed by atoms with Gasteiger partial charge in [0.15, 0.2) is 0 Å². The largest absolute Gasteiger partial charge is 0.370 e. The molecule has 2 rings (SSSR count). The monoisotopic (exact) mass is 233 g/mol. The van der Waals surface area contributed by atoms with Crippen molar-refractivity contribution in [3.05, 3.63) is 23.9 Å². The van der Waals surface area contributed by atoms with Crippen molar-refractivity contribution in [3.8, 4) is 0 Å². The van der Waals surface area contributed by atoms with Crippen molar-refractivity contribution < 1.29 is 0 Å². The second kappa shape index (κ2) is 6.01. The van der Waals surface area contributed by atoms with Crippen molar-refractivity contribution in [2.24, 2.45) is 17.6 Å². The predicted octanol–water partition coefficient (Wildman–Crippen LogP) is 2.57. The number of nitrogens with zero attached hydrogens (tertiary/aromatic N) is 1. The van der Waals surface area contributed by atoms with Gasteiger partial charge in [-0.15, -0.1) is 0 Å². The van der Waals surface area contributed by atoms with Gasteiger partial charge >= 0.3 is 0 Å². The average molecular weight is 233 g/mol. The van der Waals surface area contributed by atoms with E-state index in [1.807, 2.05) is 12.3 Å². The van der Waals surface area contributed by atoms with Crippen LogP contribution in [0.3, 0.4) is 0 Å². The van der Waals surface area contributed by atoms with E-state index >= 15 is 0 Å². The Bertz CT molecular complexity index is 351. The van der Waals surface area contributed by atoms with E-state index in [0.29, 0.717) is 5.92 Å². The van der Waals surface area contributed by atoms with Crippen molar-refractivity contribution >= 4 is 5.82 Å². The van der Waals surface area contributed by atoms with E-state index in [2.05, 4.69) is 23.3 Å². The SMILES string of the molecule is Cc1cccnc1NCC1CCCCC1CN. The van der Waals surface area contributed by atoms with Crippen LogP contribution >= 0.6 is 0 Å². The Kier molecular flexibility index (Phi) is 4.37. The van der Waals surface area contributed by atoms with Gasteiger partial charge in [0.05, 0.1) is 0 Å². The highest BCUT2D eigenvalue weighted by Gasteiger charge is 2.23. The lowest BCUT2D eigenvalue weighted by Gasteiger charge is -2.31. The Morgan fingerprint density at radius 1 is 1.35 bits per heavy atom. The highest BCUT2D eigenvalue weighted by atomic mass is 15.0. The van der Waals surface area contributed by atoms with Crippen LogP contribution in [-0.2, 0) is 0 Å². The number of pyridine rings is 1. The van der Waals surface area contributed by atoms with Crippen LogP contribution in [0.25, 0.3) is 0 Å². The minimum atomic E-state index is 0.695. The lowest BCUT2D eigenvalue weighted by atomic mass is 9.79. The molecule has 2 unspecified atom stereocenters. The minimum Gasteiger partial charge on any atom is -0.370 e. The van der Waals surface area contributed by atoms with Gasteiger partial charge in [-0.25, -0.2) is 4.98 Å². The van der Waals surface area contributed by atoms with Gasteiger partial charge in [-0.05, 0) is 49.8 Å². The van der Waals surface area contributed by atoms with Gasteiger partial charge in [0.1, 0.15) is 5.82 Å². The van der Waals surface area contributed by atoms with Crippen molar-refractivity contribution in [2.75, 3.05) is 18.4 Å². The molecule has 1 saturated carbocycles. The predicted molar refractivity (Wildman–Crippen MR) is 72.0 cm³/mol. The summed E-state index contributed by atoms with van der Waals surface area (Å²) in [6.07, 6.45) is 7.15. The Morgan fingerprint density at radius 2 is 2.12 bits per heavy atom. The van der Waals surface area contributed by atoms with Crippen LogP contribution in [0.5, 0.6) is 0 Å². The van der Waals surface area contributed by atoms with E-state index < -0.39 is 0 Å². The topological polar surface area (TPSA) is 50.9 Å². The third kappa shape index (κ3) is 3.19. The average Bonchev–Trinajstić information content (AvgIpc) is 2.38. The number of anilines is 1. The number of aryl methyl sites for hydroxylation is 1. The maximum atomic E-state index is 5.85. The molecule has 3 heteroatoms. The molecule has 3 nitrogen and oxygen atoms in total. The van der Waals surface area contributed by atoms with Crippen molar-refractivity contribution in [1.82, 2.24) is 4.98 Å². The summed E-state index contributed by atoms with van der Waals surface area (Å²) in [6, 6.07) is 4.07. The molecule has 1 fully saturated rings. The van der Waals surface area contributed by atoms with Crippen LogP contribution < -0.4 is 11.1 Å². The summed E-state index contributed by atoms with van der Waals surface area (Å²) in [5.74, 6) is 2.43. The molecule has 0 saturated heterocycles. The highest BCUT2D eigenvalue weighted by molar-refractivity contribution is 5.42. The maximum absolute atomic E-state index is 5.85. The molecule has 0 bridgehead atoms. The summed E-state index contributed by atoms with van der Waals surface area (Å²) in [6.45, 7) is 3.93. The van der Waals surface area contributed by atoms with E-state index in [0.717, 1.165) is 24.8 Å². The third-order valence-corrected chi connectivity index (χ3v) is 3.91. The molecule has 0 radical (unpaired) electrons. The number of nitrogens with two attached hydrogens (primary N) is 1. The lowest BCUT2D eigenvalue weighted by Crippen LogP contribution is -2.31. The molecule has 1 aliphatic rings. The van der Waals surface area contributed by atoms with E-state index in [4.69, 9.17) is 5.73 Å². The summed E-state index contributed by atoms with van der Waals surface area (Å²) >= 11 is 0. The first-order chi connectivity index (χ1) is 8.31. The molecule has 3 N–H and O–H groups in total. The van der Waals surface area contributed by atoms with Gasteiger partial charge < -0.3 is 11.1 Å². The van der Waals surface area contributed by atoms with Gasteiger partial charge in [-0.2, -0.15) is 0 Å². The second-order valence-electron chi connectivity index (χ2n) is 5.09. The molecule has 1 heterocycles. The molecular weight excluding hydrogens is 210 g/mol. The molecule has 0 spiro atoms. The molecule has 94 valence electrons. The number of rotatable bonds is 4. The van der Waals surface area contributed by atoms with E-state index in [-0.39, 0.29) is 0 Å². The first-order valence-electron chi connectivity index (χ1n) is 6.67. The van der Waals surface area contributed by atoms with Crippen molar-refractivity contribution in [2.45, 2.75) is 32.6 Å². The molecule has 1 aromatic rings. The van der Waals surface area contributed by atoms with Crippen LogP contribution in [0.15, 0.2) is 18.3 Å². The zero-order chi connectivity index (χ0) is 12.1. The van der Waals surface area contributed by atoms with Gasteiger partial charge in [0, 0.05) is 12.7 Å². The Balaban J connectivity index is 1.90. The normalized spacial score (nSPS) is 24.6. The van der Waals surface area contributed by atoms with E-state index in [1.165, 1.54) is 31.2 Å². The molecule has 17 heavy (non-hydrogen) atoms. The van der Waals surface area contributed by atoms with Crippen LogP contribution in [0.4, 0.5) is 5.82 Å². The van der Waals surface area contributed by atoms with Crippen LogP contribution in [0.2, 0.25) is 0 Å². The number of aromatic nitrogens is 1. The molecule has 1 aromatic heterocycles. The number of hydrogen-bond acceptors (Lipinski definition) is 3. The van der Waals surface area contributed by atoms with Crippen LogP contribution in [-0.4, -0.2) is 18.1 Å². The lowest BCUT2D eigenvalue weighted by molar-refractivity contribution is 0.255. The Hall–Kier alpha value is -1.09. The molecule has 0 aromatic carbocycles. The fraction of sp³-hybridized carbons (Fsp3) is 0.643. The summed E-state index contributed by atoms with van der Waals surface area (Å²) in [5.41, 5.74) is 7.06. The molecule has 0 amide bonds. The van der Waals surface area contributed by atoms with Gasteiger partial charge in [-0.1, -0.05) is 18.9 Å². The molecule has 1 aliphatic carbocycles. The second-order valence-corrected chi connectivity index (χ2v) is 5.09.